The largest absolute Gasteiger partial charge is 0.351 e. The van der Waals surface area contributed by atoms with Crippen LogP contribution in [0, 0.1) is 0 Å². The molecular weight excluding hydrogens is 270 g/mol. The van der Waals surface area contributed by atoms with E-state index in [1.54, 1.807) is 6.08 Å². The van der Waals surface area contributed by atoms with E-state index in [1.165, 1.54) is 31.3 Å². The number of carbonyl (C=O) groups is 1. The molecular formula is C17H20ClNO. The number of hydrogen-bond donors (Lipinski definition) is 1. The lowest BCUT2D eigenvalue weighted by molar-refractivity contribution is -0.116. The van der Waals surface area contributed by atoms with E-state index in [0.29, 0.717) is 6.54 Å². The molecule has 1 amide bonds. The molecule has 106 valence electrons. The lowest BCUT2D eigenvalue weighted by Gasteiger charge is -2.12. The number of rotatable bonds is 5. The summed E-state index contributed by atoms with van der Waals surface area (Å²) < 4.78 is 0. The first-order valence-electron chi connectivity index (χ1n) is 7.14. The van der Waals surface area contributed by atoms with Crippen LogP contribution in [0.4, 0.5) is 0 Å². The molecule has 1 aromatic carbocycles. The first-order chi connectivity index (χ1) is 9.75. The maximum Gasteiger partial charge on any atom is 0.262 e. The smallest absolute Gasteiger partial charge is 0.262 e. The van der Waals surface area contributed by atoms with Crippen LogP contribution < -0.4 is 5.32 Å². The lowest BCUT2D eigenvalue weighted by Crippen LogP contribution is -2.24. The van der Waals surface area contributed by atoms with Gasteiger partial charge in [-0.25, -0.2) is 0 Å². The second-order valence-corrected chi connectivity index (χ2v) is 5.42. The zero-order valence-corrected chi connectivity index (χ0v) is 12.3. The lowest BCUT2D eigenvalue weighted by atomic mass is 9.97. The topological polar surface area (TPSA) is 29.1 Å². The van der Waals surface area contributed by atoms with E-state index in [0.717, 1.165) is 12.0 Å². The van der Waals surface area contributed by atoms with Crippen molar-refractivity contribution >= 4 is 23.6 Å². The molecule has 1 aromatic rings. The highest BCUT2D eigenvalue weighted by atomic mass is 35.5. The average molecular weight is 290 g/mol. The Kier molecular flexibility index (Phi) is 5.87. The van der Waals surface area contributed by atoms with Crippen LogP contribution in [-0.2, 0) is 4.79 Å². The highest BCUT2D eigenvalue weighted by Gasteiger charge is 2.07. The van der Waals surface area contributed by atoms with Crippen molar-refractivity contribution in [3.63, 3.8) is 0 Å². The monoisotopic (exact) mass is 289 g/mol. The second-order valence-electron chi connectivity index (χ2n) is 5.02. The predicted molar refractivity (Wildman–Crippen MR) is 84.4 cm³/mol. The number of nitrogens with one attached hydrogen (secondary N) is 1. The first kappa shape index (κ1) is 14.9. The van der Waals surface area contributed by atoms with Gasteiger partial charge in [0.05, 0.1) is 0 Å². The molecule has 0 unspecified atom stereocenters. The van der Waals surface area contributed by atoms with Crippen LogP contribution in [0.15, 0.2) is 47.0 Å². The molecule has 0 heterocycles. The predicted octanol–water partition coefficient (Wildman–Crippen LogP) is 4.27. The molecule has 0 aliphatic heterocycles. The number of halogens is 1. The maximum absolute atomic E-state index is 11.9. The van der Waals surface area contributed by atoms with Gasteiger partial charge in [-0.3, -0.25) is 4.79 Å². The molecule has 0 radical (unpaired) electrons. The fourth-order valence-corrected chi connectivity index (χ4v) is 2.51. The minimum Gasteiger partial charge on any atom is -0.351 e. The quantitative estimate of drug-likeness (QED) is 0.636. The molecule has 3 heteroatoms. The van der Waals surface area contributed by atoms with Gasteiger partial charge in [-0.15, -0.1) is 0 Å². The molecule has 1 N–H and O–H groups in total. The molecule has 1 aliphatic carbocycles. The van der Waals surface area contributed by atoms with Gasteiger partial charge in [-0.2, -0.15) is 0 Å². The number of benzene rings is 1. The third-order valence-electron chi connectivity index (χ3n) is 3.43. The highest BCUT2D eigenvalue weighted by Crippen LogP contribution is 2.19. The standard InChI is InChI=1S/C17H20ClNO/c18-16(13-15-9-5-2-6-10-15)17(20)19-12-11-14-7-3-1-4-8-14/h2,5-7,9-10,13H,1,3-4,8,11-12H2,(H,19,20). The Morgan fingerprint density at radius 2 is 2.05 bits per heavy atom. The Labute approximate surface area is 125 Å². The van der Waals surface area contributed by atoms with Crippen molar-refractivity contribution in [2.75, 3.05) is 6.54 Å². The molecule has 2 rings (SSSR count). The Bertz CT molecular complexity index is 505. The average Bonchev–Trinajstić information content (AvgIpc) is 2.49. The summed E-state index contributed by atoms with van der Waals surface area (Å²) in [7, 11) is 0. The van der Waals surface area contributed by atoms with Gasteiger partial charge in [-0.1, -0.05) is 53.6 Å². The number of carbonyl (C=O) groups excluding carboxylic acids is 1. The van der Waals surface area contributed by atoms with Crippen molar-refractivity contribution in [1.82, 2.24) is 5.32 Å². The SMILES string of the molecule is O=C(NCCC1=CCCCC1)C(Cl)=Cc1ccccc1. The van der Waals surface area contributed by atoms with Gasteiger partial charge >= 0.3 is 0 Å². The number of hydrogen-bond acceptors (Lipinski definition) is 1. The van der Waals surface area contributed by atoms with Gasteiger partial charge in [0.25, 0.3) is 5.91 Å². The summed E-state index contributed by atoms with van der Waals surface area (Å²) in [5.74, 6) is -0.202. The normalized spacial score (nSPS) is 15.7. The first-order valence-corrected chi connectivity index (χ1v) is 7.52. The van der Waals surface area contributed by atoms with Crippen LogP contribution in [-0.4, -0.2) is 12.5 Å². The minimum absolute atomic E-state index is 0.202. The van der Waals surface area contributed by atoms with Crippen molar-refractivity contribution in [3.05, 3.63) is 52.6 Å². The van der Waals surface area contributed by atoms with E-state index in [9.17, 15) is 4.79 Å². The Morgan fingerprint density at radius 1 is 1.25 bits per heavy atom. The Morgan fingerprint density at radius 3 is 2.75 bits per heavy atom. The van der Waals surface area contributed by atoms with Gasteiger partial charge in [0, 0.05) is 6.54 Å². The van der Waals surface area contributed by atoms with Crippen molar-refractivity contribution in [2.24, 2.45) is 0 Å². The van der Waals surface area contributed by atoms with Gasteiger partial charge in [-0.05, 0) is 43.7 Å². The summed E-state index contributed by atoms with van der Waals surface area (Å²) in [6.45, 7) is 0.656. The third-order valence-corrected chi connectivity index (χ3v) is 3.71. The van der Waals surface area contributed by atoms with E-state index in [-0.39, 0.29) is 10.9 Å². The van der Waals surface area contributed by atoms with Crippen LogP contribution >= 0.6 is 11.6 Å². The molecule has 0 spiro atoms. The second kappa shape index (κ2) is 7.91. The molecule has 0 fully saturated rings. The van der Waals surface area contributed by atoms with Gasteiger partial charge in [0.2, 0.25) is 0 Å². The third kappa shape index (κ3) is 4.86. The van der Waals surface area contributed by atoms with Crippen molar-refractivity contribution in [2.45, 2.75) is 32.1 Å². The van der Waals surface area contributed by atoms with E-state index in [4.69, 9.17) is 11.6 Å². The van der Waals surface area contributed by atoms with Crippen LogP contribution in [0.25, 0.3) is 6.08 Å². The molecule has 20 heavy (non-hydrogen) atoms. The van der Waals surface area contributed by atoms with Crippen LogP contribution in [0.5, 0.6) is 0 Å². The molecule has 2 nitrogen and oxygen atoms in total. The van der Waals surface area contributed by atoms with Crippen LogP contribution in [0.1, 0.15) is 37.7 Å². The van der Waals surface area contributed by atoms with E-state index < -0.39 is 0 Å². The van der Waals surface area contributed by atoms with Gasteiger partial charge in [0.15, 0.2) is 0 Å². The van der Waals surface area contributed by atoms with E-state index in [2.05, 4.69) is 11.4 Å². The molecule has 0 bridgehead atoms. The maximum atomic E-state index is 11.9. The number of allylic oxidation sites excluding steroid dienone is 1. The fraction of sp³-hybridized carbons (Fsp3) is 0.353. The summed E-state index contributed by atoms with van der Waals surface area (Å²) in [5.41, 5.74) is 2.39. The summed E-state index contributed by atoms with van der Waals surface area (Å²) >= 11 is 6.02. The Balaban J connectivity index is 1.79. The summed E-state index contributed by atoms with van der Waals surface area (Å²) in [5, 5.41) is 3.10. The van der Waals surface area contributed by atoms with E-state index >= 15 is 0 Å². The minimum atomic E-state index is -0.202. The fourth-order valence-electron chi connectivity index (χ4n) is 2.31. The Hall–Kier alpha value is -1.54. The molecule has 0 atom stereocenters. The van der Waals surface area contributed by atoms with E-state index in [1.807, 2.05) is 30.3 Å². The summed E-state index contributed by atoms with van der Waals surface area (Å²) in [6, 6.07) is 9.61. The van der Waals surface area contributed by atoms with Crippen molar-refractivity contribution < 1.29 is 4.79 Å². The molecule has 0 saturated heterocycles. The van der Waals surface area contributed by atoms with Crippen molar-refractivity contribution in [3.8, 4) is 0 Å². The molecule has 0 aromatic heterocycles. The van der Waals surface area contributed by atoms with Crippen molar-refractivity contribution in [1.29, 1.82) is 0 Å². The summed E-state index contributed by atoms with van der Waals surface area (Å²) in [6.07, 6.45) is 9.84. The summed E-state index contributed by atoms with van der Waals surface area (Å²) in [4.78, 5) is 11.9. The van der Waals surface area contributed by atoms with Gasteiger partial charge < -0.3 is 5.32 Å². The van der Waals surface area contributed by atoms with Crippen LogP contribution in [0.2, 0.25) is 0 Å². The molecule has 1 aliphatic rings. The zero-order chi connectivity index (χ0) is 14.2. The van der Waals surface area contributed by atoms with Crippen LogP contribution in [0.3, 0.4) is 0 Å². The van der Waals surface area contributed by atoms with Gasteiger partial charge in [0.1, 0.15) is 5.03 Å². The molecule has 0 saturated carbocycles. The number of amides is 1. The zero-order valence-electron chi connectivity index (χ0n) is 11.6. The highest BCUT2D eigenvalue weighted by molar-refractivity contribution is 6.44.